The van der Waals surface area contributed by atoms with Gasteiger partial charge in [-0.15, -0.1) is 11.6 Å². The summed E-state index contributed by atoms with van der Waals surface area (Å²) >= 11 is 7.88. The summed E-state index contributed by atoms with van der Waals surface area (Å²) in [5, 5.41) is 0. The van der Waals surface area contributed by atoms with Crippen LogP contribution in [0.15, 0.2) is 12.1 Å². The highest BCUT2D eigenvalue weighted by Crippen LogP contribution is 2.31. The number of nitrogens with zero attached hydrogens (tertiary/aromatic N) is 2. The van der Waals surface area contributed by atoms with Crippen LogP contribution in [0, 0.1) is 15.3 Å². The third kappa shape index (κ3) is 2.82. The highest BCUT2D eigenvalue weighted by Gasteiger charge is 2.19. The molecule has 108 valence electrons. The van der Waals surface area contributed by atoms with Crippen molar-refractivity contribution >= 4 is 45.2 Å². The van der Waals surface area contributed by atoms with E-state index in [4.69, 9.17) is 11.6 Å². The first-order chi connectivity index (χ1) is 9.69. The van der Waals surface area contributed by atoms with Crippen LogP contribution >= 0.6 is 34.2 Å². The smallest absolute Gasteiger partial charge is 0.138 e. The number of fused-ring (bicyclic) bond motifs is 1. The molecular weight excluding hydrogens is 390 g/mol. The van der Waals surface area contributed by atoms with Gasteiger partial charge in [-0.05, 0) is 41.0 Å². The topological polar surface area (TPSA) is 17.8 Å². The summed E-state index contributed by atoms with van der Waals surface area (Å²) in [5.74, 6) is 2.20. The first-order valence-electron chi connectivity index (χ1n) is 7.09. The van der Waals surface area contributed by atoms with Crippen molar-refractivity contribution in [3.63, 3.8) is 0 Å². The lowest BCUT2D eigenvalue weighted by Crippen LogP contribution is -2.15. The Hall–Kier alpha value is -0.360. The van der Waals surface area contributed by atoms with Crippen molar-refractivity contribution in [3.05, 3.63) is 27.3 Å². The largest absolute Gasteiger partial charge is 0.328 e. The fraction of sp³-hybridized carbons (Fsp3) is 0.533. The minimum absolute atomic E-state index is 0.166. The number of benzene rings is 1. The molecule has 1 heterocycles. The van der Waals surface area contributed by atoms with Gasteiger partial charge in [0.05, 0.1) is 14.6 Å². The van der Waals surface area contributed by atoms with Gasteiger partial charge in [0, 0.05) is 24.9 Å². The molecule has 1 aliphatic carbocycles. The zero-order chi connectivity index (χ0) is 14.1. The third-order valence-electron chi connectivity index (χ3n) is 4.17. The van der Waals surface area contributed by atoms with Crippen molar-refractivity contribution in [1.82, 2.24) is 9.55 Å². The maximum Gasteiger partial charge on any atom is 0.138 e. The van der Waals surface area contributed by atoms with E-state index < -0.39 is 0 Å². The summed E-state index contributed by atoms with van der Waals surface area (Å²) in [6.07, 6.45) is 5.93. The highest BCUT2D eigenvalue weighted by molar-refractivity contribution is 14.1. The fourth-order valence-electron chi connectivity index (χ4n) is 2.79. The molecule has 0 radical (unpaired) electrons. The number of alkyl halides is 1. The Morgan fingerprint density at radius 2 is 2.20 bits per heavy atom. The van der Waals surface area contributed by atoms with E-state index in [9.17, 15) is 4.39 Å². The van der Waals surface area contributed by atoms with Crippen molar-refractivity contribution in [1.29, 1.82) is 0 Å². The standard InChI is InChI=1S/C15H17ClFIN2/c16-6-4-15-19-13-9-12(18)11(17)8-14(13)20(15)7-5-10-2-1-3-10/h8-10H,1-7H2. The van der Waals surface area contributed by atoms with Crippen molar-refractivity contribution in [2.75, 3.05) is 5.88 Å². The first kappa shape index (κ1) is 14.6. The predicted molar refractivity (Wildman–Crippen MR) is 88.8 cm³/mol. The Morgan fingerprint density at radius 1 is 1.40 bits per heavy atom. The molecule has 0 atom stereocenters. The number of aromatic nitrogens is 2. The molecule has 0 bridgehead atoms. The van der Waals surface area contributed by atoms with Crippen LogP contribution in [0.5, 0.6) is 0 Å². The van der Waals surface area contributed by atoms with E-state index in [-0.39, 0.29) is 5.82 Å². The molecule has 20 heavy (non-hydrogen) atoms. The van der Waals surface area contributed by atoms with Gasteiger partial charge in [-0.1, -0.05) is 19.3 Å². The van der Waals surface area contributed by atoms with E-state index >= 15 is 0 Å². The van der Waals surface area contributed by atoms with Crippen molar-refractivity contribution in [2.24, 2.45) is 5.92 Å². The van der Waals surface area contributed by atoms with Gasteiger partial charge in [0.15, 0.2) is 0 Å². The maximum absolute atomic E-state index is 13.8. The number of hydrogen-bond acceptors (Lipinski definition) is 1. The summed E-state index contributed by atoms with van der Waals surface area (Å²) in [7, 11) is 0. The average Bonchev–Trinajstić information content (AvgIpc) is 2.67. The molecule has 1 aromatic carbocycles. The van der Waals surface area contributed by atoms with E-state index in [0.29, 0.717) is 9.45 Å². The Bertz CT molecular complexity index is 622. The molecule has 0 N–H and O–H groups in total. The first-order valence-corrected chi connectivity index (χ1v) is 8.70. The van der Waals surface area contributed by atoms with Crippen LogP contribution in [0.2, 0.25) is 0 Å². The van der Waals surface area contributed by atoms with Crippen LogP contribution in [0.1, 0.15) is 31.5 Å². The van der Waals surface area contributed by atoms with E-state index in [0.717, 1.165) is 42.2 Å². The number of aryl methyl sites for hydroxylation is 2. The molecule has 0 saturated heterocycles. The van der Waals surface area contributed by atoms with E-state index in [1.807, 2.05) is 28.7 Å². The lowest BCUT2D eigenvalue weighted by molar-refractivity contribution is 0.282. The summed E-state index contributed by atoms with van der Waals surface area (Å²) in [4.78, 5) is 4.63. The summed E-state index contributed by atoms with van der Waals surface area (Å²) in [5.41, 5.74) is 1.78. The van der Waals surface area contributed by atoms with E-state index in [1.54, 1.807) is 6.07 Å². The molecule has 2 aromatic rings. The normalized spacial score (nSPS) is 15.8. The minimum atomic E-state index is -0.166. The Balaban J connectivity index is 1.95. The lowest BCUT2D eigenvalue weighted by atomic mass is 9.83. The zero-order valence-corrected chi connectivity index (χ0v) is 14.1. The lowest BCUT2D eigenvalue weighted by Gasteiger charge is -2.25. The van der Waals surface area contributed by atoms with Crippen molar-refractivity contribution < 1.29 is 4.39 Å². The fourth-order valence-corrected chi connectivity index (χ4v) is 3.41. The third-order valence-corrected chi connectivity index (χ3v) is 5.19. The molecule has 1 saturated carbocycles. The van der Waals surface area contributed by atoms with Gasteiger partial charge in [-0.25, -0.2) is 9.37 Å². The second-order valence-corrected chi connectivity index (χ2v) is 7.00. The highest BCUT2D eigenvalue weighted by atomic mass is 127. The SMILES string of the molecule is Fc1cc2c(cc1I)nc(CCCl)n2CCC1CCC1. The van der Waals surface area contributed by atoms with Gasteiger partial charge in [0.1, 0.15) is 11.6 Å². The van der Waals surface area contributed by atoms with Gasteiger partial charge in [0.25, 0.3) is 0 Å². The van der Waals surface area contributed by atoms with E-state index in [1.165, 1.54) is 19.3 Å². The quantitative estimate of drug-likeness (QED) is 0.517. The molecule has 0 unspecified atom stereocenters. The summed E-state index contributed by atoms with van der Waals surface area (Å²) in [6, 6.07) is 3.44. The van der Waals surface area contributed by atoms with Gasteiger partial charge in [-0.2, -0.15) is 0 Å². The van der Waals surface area contributed by atoms with Gasteiger partial charge in [0.2, 0.25) is 0 Å². The van der Waals surface area contributed by atoms with Gasteiger partial charge in [-0.3, -0.25) is 0 Å². The second kappa shape index (κ2) is 6.18. The summed E-state index contributed by atoms with van der Waals surface area (Å²) < 4.78 is 16.6. The number of halogens is 3. The molecule has 0 spiro atoms. The zero-order valence-electron chi connectivity index (χ0n) is 11.2. The van der Waals surface area contributed by atoms with Crippen LogP contribution in [0.25, 0.3) is 11.0 Å². The number of hydrogen-bond donors (Lipinski definition) is 0. The summed E-state index contributed by atoms with van der Waals surface area (Å²) in [6.45, 7) is 0.924. The molecule has 5 heteroatoms. The molecule has 0 amide bonds. The molecule has 3 rings (SSSR count). The number of rotatable bonds is 5. The number of imidazole rings is 1. The second-order valence-electron chi connectivity index (χ2n) is 5.46. The van der Waals surface area contributed by atoms with Crippen LogP contribution < -0.4 is 0 Å². The van der Waals surface area contributed by atoms with Crippen molar-refractivity contribution in [3.8, 4) is 0 Å². The van der Waals surface area contributed by atoms with Crippen LogP contribution in [-0.2, 0) is 13.0 Å². The minimum Gasteiger partial charge on any atom is -0.328 e. The average molecular weight is 407 g/mol. The predicted octanol–water partition coefficient (Wildman–Crippen LogP) is 4.75. The monoisotopic (exact) mass is 406 g/mol. The van der Waals surface area contributed by atoms with Crippen molar-refractivity contribution in [2.45, 2.75) is 38.6 Å². The van der Waals surface area contributed by atoms with Gasteiger partial charge >= 0.3 is 0 Å². The molecule has 0 aliphatic heterocycles. The van der Waals surface area contributed by atoms with Crippen LogP contribution in [0.3, 0.4) is 0 Å². The molecule has 2 nitrogen and oxygen atoms in total. The Kier molecular flexibility index (Phi) is 4.50. The molecular formula is C15H17ClFIN2. The molecule has 1 aromatic heterocycles. The Morgan fingerprint density at radius 3 is 2.85 bits per heavy atom. The molecule has 1 aliphatic rings. The van der Waals surface area contributed by atoms with Gasteiger partial charge < -0.3 is 4.57 Å². The van der Waals surface area contributed by atoms with E-state index in [2.05, 4.69) is 9.55 Å². The Labute approximate surface area is 136 Å². The molecule has 1 fully saturated rings. The maximum atomic E-state index is 13.8. The van der Waals surface area contributed by atoms with Crippen LogP contribution in [0.4, 0.5) is 4.39 Å². The van der Waals surface area contributed by atoms with Crippen LogP contribution in [-0.4, -0.2) is 15.4 Å².